The van der Waals surface area contributed by atoms with Gasteiger partial charge in [0.15, 0.2) is 14.4 Å². The molecule has 0 fully saturated rings. The Morgan fingerprint density at radius 1 is 1.03 bits per heavy atom. The number of carbonyl (C=O) groups excluding carboxylic acids is 1. The number of carbonyl (C=O) groups is 1. The van der Waals surface area contributed by atoms with Crippen molar-refractivity contribution in [2.24, 2.45) is 5.92 Å². The summed E-state index contributed by atoms with van der Waals surface area (Å²) >= 11 is 1.30. The molecule has 0 saturated heterocycles. The van der Waals surface area contributed by atoms with Gasteiger partial charge in [0.1, 0.15) is 6.10 Å². The second-order valence-electron chi connectivity index (χ2n) is 10.5. The Bertz CT molecular complexity index is 734. The van der Waals surface area contributed by atoms with Crippen molar-refractivity contribution in [1.82, 2.24) is 0 Å². The molecule has 0 unspecified atom stereocenters. The lowest BCUT2D eigenvalue weighted by Crippen LogP contribution is -2.49. The number of thioether (sulfide) groups is 1. The smallest absolute Gasteiger partial charge is 0.221 e. The Morgan fingerprint density at radius 3 is 2.07 bits per heavy atom. The second-order valence-corrected chi connectivity index (χ2v) is 17.1. The first-order valence-electron chi connectivity index (χ1n) is 10.7. The van der Waals surface area contributed by atoms with Crippen LogP contribution in [0.2, 0.25) is 18.1 Å². The molecule has 0 bridgehead atoms. The van der Waals surface area contributed by atoms with Crippen molar-refractivity contribution >= 4 is 25.2 Å². The van der Waals surface area contributed by atoms with E-state index in [2.05, 4.69) is 45.7 Å². The van der Waals surface area contributed by atoms with Crippen LogP contribution in [0.4, 0.5) is 0 Å². The predicted octanol–water partition coefficient (Wildman–Crippen LogP) is 6.68. The summed E-state index contributed by atoms with van der Waals surface area (Å²) in [7, 11) is -2.16. The van der Waals surface area contributed by atoms with E-state index in [-0.39, 0.29) is 20.8 Å². The fraction of sp³-hybridized carbons (Fsp3) is 0.640. The van der Waals surface area contributed by atoms with Gasteiger partial charge in [0, 0.05) is 10.7 Å². The highest BCUT2D eigenvalue weighted by Gasteiger charge is 2.42. The van der Waals surface area contributed by atoms with Crippen LogP contribution in [0, 0.1) is 17.8 Å². The largest absolute Gasteiger partial charge is 0.401 e. The molecule has 0 aliphatic heterocycles. The molecule has 30 heavy (non-hydrogen) atoms. The molecule has 1 aromatic rings. The molecule has 2 atom stereocenters. The molecule has 5 heteroatoms. The molecule has 0 spiro atoms. The maximum atomic E-state index is 13.3. The van der Waals surface area contributed by atoms with Gasteiger partial charge in [0.05, 0.1) is 6.61 Å². The molecule has 0 aliphatic rings. The van der Waals surface area contributed by atoms with Gasteiger partial charge in [-0.15, -0.1) is 0 Å². The zero-order valence-electron chi connectivity index (χ0n) is 20.5. The van der Waals surface area contributed by atoms with Gasteiger partial charge in [-0.1, -0.05) is 109 Å². The lowest BCUT2D eigenvalue weighted by Gasteiger charge is -2.39. The molecule has 168 valence electrons. The monoisotopic (exact) mass is 448 g/mol. The van der Waals surface area contributed by atoms with E-state index in [4.69, 9.17) is 9.16 Å². The van der Waals surface area contributed by atoms with E-state index >= 15 is 0 Å². The van der Waals surface area contributed by atoms with Gasteiger partial charge in [-0.3, -0.25) is 4.79 Å². The summed E-state index contributed by atoms with van der Waals surface area (Å²) in [4.78, 5) is 13.3. The van der Waals surface area contributed by atoms with Crippen molar-refractivity contribution in [3.8, 4) is 11.8 Å². The van der Waals surface area contributed by atoms with Gasteiger partial charge in [0.25, 0.3) is 0 Å². The van der Waals surface area contributed by atoms with Crippen molar-refractivity contribution in [3.05, 3.63) is 35.9 Å². The van der Waals surface area contributed by atoms with E-state index in [1.807, 2.05) is 65.0 Å². The van der Waals surface area contributed by atoms with Crippen LogP contribution < -0.4 is 0 Å². The zero-order chi connectivity index (χ0) is 23.2. The van der Waals surface area contributed by atoms with Crippen LogP contribution in [0.1, 0.15) is 61.0 Å². The topological polar surface area (TPSA) is 35.5 Å². The standard InChI is InChI=1S/C25H40O3SSi/c1-19(2)16-17-21(28-30(9,10)25(6,7)8)22(23(26)29-24(3,4)5)27-18-20-14-12-11-13-15-20/h11-15,19,21-22H,18H2,1-10H3/t21-,22+/m1/s1. The van der Waals surface area contributed by atoms with E-state index in [9.17, 15) is 4.79 Å². The van der Waals surface area contributed by atoms with Gasteiger partial charge < -0.3 is 9.16 Å². The quantitative estimate of drug-likeness (QED) is 0.344. The molecule has 0 aromatic heterocycles. The summed E-state index contributed by atoms with van der Waals surface area (Å²) in [5.41, 5.74) is 1.03. The third-order valence-corrected chi connectivity index (χ3v) is 10.4. The van der Waals surface area contributed by atoms with E-state index in [0.717, 1.165) is 5.56 Å². The van der Waals surface area contributed by atoms with E-state index < -0.39 is 20.5 Å². The Kier molecular flexibility index (Phi) is 9.89. The van der Waals surface area contributed by atoms with E-state index in [0.29, 0.717) is 6.61 Å². The molecule has 0 radical (unpaired) electrons. The number of hydrogen-bond acceptors (Lipinski definition) is 4. The zero-order valence-corrected chi connectivity index (χ0v) is 22.3. The van der Waals surface area contributed by atoms with E-state index in [1.165, 1.54) is 11.8 Å². The lowest BCUT2D eigenvalue weighted by molar-refractivity contribution is -0.127. The van der Waals surface area contributed by atoms with Gasteiger partial charge in [-0.2, -0.15) is 0 Å². The molecule has 1 rings (SSSR count). The van der Waals surface area contributed by atoms with E-state index in [1.54, 1.807) is 0 Å². The highest BCUT2D eigenvalue weighted by Crippen LogP contribution is 2.38. The number of hydrogen-bond donors (Lipinski definition) is 0. The highest BCUT2D eigenvalue weighted by molar-refractivity contribution is 8.14. The summed E-state index contributed by atoms with van der Waals surface area (Å²) in [6, 6.07) is 9.92. The minimum absolute atomic E-state index is 0.00889. The van der Waals surface area contributed by atoms with Crippen LogP contribution in [0.3, 0.4) is 0 Å². The number of benzene rings is 1. The van der Waals surface area contributed by atoms with Crippen LogP contribution in [-0.4, -0.2) is 30.4 Å². The van der Waals surface area contributed by atoms with Crippen molar-refractivity contribution in [1.29, 1.82) is 0 Å². The fourth-order valence-electron chi connectivity index (χ4n) is 2.31. The van der Waals surface area contributed by atoms with Crippen LogP contribution in [0.5, 0.6) is 0 Å². The third-order valence-electron chi connectivity index (χ3n) is 4.93. The Balaban J connectivity index is 3.27. The van der Waals surface area contributed by atoms with Gasteiger partial charge >= 0.3 is 0 Å². The highest BCUT2D eigenvalue weighted by atomic mass is 32.2. The summed E-state index contributed by atoms with van der Waals surface area (Å²) < 4.78 is 12.6. The molecule has 0 N–H and O–H groups in total. The van der Waals surface area contributed by atoms with Crippen molar-refractivity contribution in [2.75, 3.05) is 0 Å². The average molecular weight is 449 g/mol. The molecule has 1 aromatic carbocycles. The normalized spacial score (nSPS) is 14.8. The summed E-state index contributed by atoms with van der Waals surface area (Å²) in [6.45, 7) is 21.5. The van der Waals surface area contributed by atoms with Gasteiger partial charge in [-0.05, 0) is 23.7 Å². The van der Waals surface area contributed by atoms with Crippen molar-refractivity contribution < 1.29 is 14.0 Å². The van der Waals surface area contributed by atoms with Gasteiger partial charge in [-0.25, -0.2) is 0 Å². The third kappa shape index (κ3) is 9.39. The maximum Gasteiger partial charge on any atom is 0.221 e. The molecular formula is C25H40O3SSi. The summed E-state index contributed by atoms with van der Waals surface area (Å²) in [5.74, 6) is 6.67. The van der Waals surface area contributed by atoms with Crippen LogP contribution >= 0.6 is 11.8 Å². The molecule has 0 heterocycles. The van der Waals surface area contributed by atoms with Crippen LogP contribution in [0.25, 0.3) is 0 Å². The Hall–Kier alpha value is -1.06. The SMILES string of the molecule is CC(C)C#C[C@@H](O[Si](C)(C)C(C)(C)C)[C@H](OCc1ccccc1)C(=O)SC(C)(C)C. The number of ether oxygens (including phenoxy) is 1. The van der Waals surface area contributed by atoms with Crippen LogP contribution in [-0.2, 0) is 20.6 Å². The minimum Gasteiger partial charge on any atom is -0.401 e. The predicted molar refractivity (Wildman–Crippen MR) is 132 cm³/mol. The second kappa shape index (κ2) is 11.0. The average Bonchev–Trinajstić information content (AvgIpc) is 2.57. The number of rotatable bonds is 7. The summed E-state index contributed by atoms with van der Waals surface area (Å²) in [5, 5.41) is -0.0187. The molecule has 0 amide bonds. The first-order chi connectivity index (χ1) is 13.6. The molecule has 0 aliphatic carbocycles. The lowest BCUT2D eigenvalue weighted by atomic mass is 10.1. The van der Waals surface area contributed by atoms with Crippen LogP contribution in [0.15, 0.2) is 30.3 Å². The van der Waals surface area contributed by atoms with Gasteiger partial charge in [0.2, 0.25) is 5.12 Å². The Labute approximate surface area is 189 Å². The Morgan fingerprint density at radius 2 is 1.60 bits per heavy atom. The first-order valence-corrected chi connectivity index (χ1v) is 14.4. The van der Waals surface area contributed by atoms with Crippen molar-refractivity contribution in [3.63, 3.8) is 0 Å². The molecule has 0 saturated carbocycles. The minimum atomic E-state index is -2.16. The maximum absolute atomic E-state index is 13.3. The first kappa shape index (κ1) is 27.0. The molecule has 3 nitrogen and oxygen atoms in total. The summed E-state index contributed by atoms with van der Waals surface area (Å²) in [6.07, 6.45) is -1.32. The molecular weight excluding hydrogens is 408 g/mol. The van der Waals surface area contributed by atoms with Crippen molar-refractivity contribution in [2.45, 2.75) is 97.1 Å². The fourth-order valence-corrected chi connectivity index (χ4v) is 4.39.